The second-order valence-corrected chi connectivity index (χ2v) is 9.16. The van der Waals surface area contributed by atoms with Crippen molar-refractivity contribution in [2.45, 2.75) is 39.2 Å². The number of aliphatic hydroxyl groups excluding tert-OH is 1. The van der Waals surface area contributed by atoms with Gasteiger partial charge >= 0.3 is 0 Å². The maximum Gasteiger partial charge on any atom is 0.251 e. The molecule has 7 nitrogen and oxygen atoms in total. The van der Waals surface area contributed by atoms with Crippen LogP contribution in [0.3, 0.4) is 0 Å². The van der Waals surface area contributed by atoms with E-state index >= 15 is 0 Å². The van der Waals surface area contributed by atoms with E-state index in [1.54, 1.807) is 31.4 Å². The smallest absolute Gasteiger partial charge is 0.251 e. The Morgan fingerprint density at radius 2 is 1.69 bits per heavy atom. The fourth-order valence-corrected chi connectivity index (χ4v) is 4.10. The van der Waals surface area contributed by atoms with Gasteiger partial charge in [0.05, 0.1) is 18.4 Å². The lowest BCUT2D eigenvalue weighted by Crippen LogP contribution is -2.41. The van der Waals surface area contributed by atoms with Gasteiger partial charge in [-0.05, 0) is 47.7 Å². The van der Waals surface area contributed by atoms with Crippen molar-refractivity contribution in [1.29, 1.82) is 0 Å². The van der Waals surface area contributed by atoms with Crippen molar-refractivity contribution in [2.24, 2.45) is 18.1 Å². The van der Waals surface area contributed by atoms with Gasteiger partial charge in [-0.3, -0.25) is 9.59 Å². The Bertz CT molecular complexity index is 1250. The number of aliphatic hydroxyl groups is 1. The second kappa shape index (κ2) is 11.6. The Hall–Kier alpha value is -3.71. The van der Waals surface area contributed by atoms with Crippen molar-refractivity contribution >= 4 is 11.6 Å². The summed E-state index contributed by atoms with van der Waals surface area (Å²) in [7, 11) is 1.66. The number of amides is 1. The molecule has 3 N–H and O–H groups in total. The molecule has 0 aliphatic carbocycles. The van der Waals surface area contributed by atoms with Gasteiger partial charge in [-0.1, -0.05) is 55.4 Å². The van der Waals surface area contributed by atoms with Gasteiger partial charge in [-0.25, -0.2) is 0 Å². The zero-order valence-corrected chi connectivity index (χ0v) is 20.6. The van der Waals surface area contributed by atoms with Crippen LogP contribution in [0.15, 0.2) is 76.8 Å². The molecule has 0 saturated carbocycles. The minimum atomic E-state index is -0.313. The minimum absolute atomic E-state index is 0.113. The number of hydrogen-bond donors (Lipinski definition) is 3. The summed E-state index contributed by atoms with van der Waals surface area (Å²) in [6, 6.07) is 18.2. The molecule has 0 aliphatic rings. The number of carbonyl (C=O) groups is 1. The van der Waals surface area contributed by atoms with Crippen molar-refractivity contribution in [1.82, 2.24) is 9.88 Å². The number of nitrogens with one attached hydrogen (secondary N) is 1. The summed E-state index contributed by atoms with van der Waals surface area (Å²) in [6.45, 7) is 5.81. The van der Waals surface area contributed by atoms with Crippen molar-refractivity contribution in [3.63, 3.8) is 0 Å². The summed E-state index contributed by atoms with van der Waals surface area (Å²) in [6.07, 6.45) is 2.05. The third kappa shape index (κ3) is 6.25. The summed E-state index contributed by atoms with van der Waals surface area (Å²) in [4.78, 5) is 24.5. The molecule has 0 radical (unpaired) electrons. The molecule has 35 heavy (non-hydrogen) atoms. The third-order valence-corrected chi connectivity index (χ3v) is 6.39. The Kier molecular flexibility index (Phi) is 8.60. The molecule has 2 aromatic carbocycles. The van der Waals surface area contributed by atoms with E-state index < -0.39 is 0 Å². The molecule has 0 aliphatic heterocycles. The molecule has 184 valence electrons. The van der Waals surface area contributed by atoms with Crippen molar-refractivity contribution < 1.29 is 15.1 Å². The van der Waals surface area contributed by atoms with Gasteiger partial charge in [0.2, 0.25) is 5.56 Å². The van der Waals surface area contributed by atoms with Crippen LogP contribution in [0.2, 0.25) is 0 Å². The predicted octanol–water partition coefficient (Wildman–Crippen LogP) is 3.84. The van der Waals surface area contributed by atoms with Crippen molar-refractivity contribution in [3.8, 4) is 0 Å². The maximum absolute atomic E-state index is 12.7. The lowest BCUT2D eigenvalue weighted by atomic mass is 9.83. The number of pyridine rings is 1. The maximum atomic E-state index is 12.7. The number of rotatable bonds is 9. The molecular weight excluding hydrogens is 442 g/mol. The number of oxime groups is 1. The zero-order chi connectivity index (χ0) is 25.5. The molecule has 1 amide bonds. The minimum Gasteiger partial charge on any atom is -0.411 e. The number of hydrogen-bond acceptors (Lipinski definition) is 5. The monoisotopic (exact) mass is 475 g/mol. The zero-order valence-electron chi connectivity index (χ0n) is 20.6. The quantitative estimate of drug-likeness (QED) is 0.248. The average molecular weight is 476 g/mol. The van der Waals surface area contributed by atoms with Gasteiger partial charge in [-0.2, -0.15) is 0 Å². The summed E-state index contributed by atoms with van der Waals surface area (Å²) in [5, 5.41) is 25.8. The molecule has 1 heterocycles. The number of aryl methyl sites for hydroxylation is 2. The van der Waals surface area contributed by atoms with Crippen LogP contribution in [-0.2, 0) is 7.05 Å². The van der Waals surface area contributed by atoms with Gasteiger partial charge in [0.15, 0.2) is 0 Å². The molecule has 1 aromatic heterocycles. The average Bonchev–Trinajstić information content (AvgIpc) is 2.85. The van der Waals surface area contributed by atoms with E-state index in [0.717, 1.165) is 16.7 Å². The van der Waals surface area contributed by atoms with E-state index in [1.807, 2.05) is 57.2 Å². The highest BCUT2D eigenvalue weighted by atomic mass is 16.4. The molecule has 0 spiro atoms. The Labute approximate surface area is 205 Å². The van der Waals surface area contributed by atoms with Crippen LogP contribution in [0.4, 0.5) is 0 Å². The predicted molar refractivity (Wildman–Crippen MR) is 137 cm³/mol. The topological polar surface area (TPSA) is 104 Å². The largest absolute Gasteiger partial charge is 0.411 e. The van der Waals surface area contributed by atoms with E-state index in [1.165, 1.54) is 10.6 Å². The number of aromatic nitrogens is 1. The lowest BCUT2D eigenvalue weighted by molar-refractivity contribution is 0.0897. The first-order valence-electron chi connectivity index (χ1n) is 11.7. The first-order chi connectivity index (χ1) is 16.7. The fourth-order valence-electron chi connectivity index (χ4n) is 4.10. The van der Waals surface area contributed by atoms with Crippen LogP contribution in [-0.4, -0.2) is 39.1 Å². The molecule has 7 heteroatoms. The van der Waals surface area contributed by atoms with E-state index in [-0.39, 0.29) is 36.0 Å². The summed E-state index contributed by atoms with van der Waals surface area (Å²) < 4.78 is 1.45. The Balaban J connectivity index is 1.95. The molecule has 0 fully saturated rings. The molecular formula is C28H33N3O4. The normalized spacial score (nSPS) is 13.5. The summed E-state index contributed by atoms with van der Waals surface area (Å²) >= 11 is 0. The fraction of sp³-hybridized carbons (Fsp3) is 0.321. The number of benzene rings is 2. The summed E-state index contributed by atoms with van der Waals surface area (Å²) in [5.74, 6) is -0.265. The van der Waals surface area contributed by atoms with E-state index in [4.69, 9.17) is 0 Å². The highest BCUT2D eigenvalue weighted by molar-refractivity contribution is 6.00. The molecule has 3 aromatic rings. The van der Waals surface area contributed by atoms with Crippen LogP contribution in [0.25, 0.3) is 0 Å². The second-order valence-electron chi connectivity index (χ2n) is 9.16. The third-order valence-electron chi connectivity index (χ3n) is 6.39. The van der Waals surface area contributed by atoms with E-state index in [9.17, 15) is 19.9 Å². The molecule has 3 rings (SSSR count). The van der Waals surface area contributed by atoms with Crippen molar-refractivity contribution in [2.75, 3.05) is 6.61 Å². The highest BCUT2D eigenvalue weighted by Gasteiger charge is 2.22. The Morgan fingerprint density at radius 3 is 2.26 bits per heavy atom. The van der Waals surface area contributed by atoms with Crippen LogP contribution < -0.4 is 10.9 Å². The number of carbonyl (C=O) groups excluding carboxylic acids is 1. The van der Waals surface area contributed by atoms with Crippen LogP contribution in [0, 0.1) is 12.8 Å². The molecule has 1 unspecified atom stereocenters. The van der Waals surface area contributed by atoms with Gasteiger partial charge in [-0.15, -0.1) is 0 Å². The first kappa shape index (κ1) is 25.9. The lowest BCUT2D eigenvalue weighted by Gasteiger charge is -2.22. The van der Waals surface area contributed by atoms with Gasteiger partial charge in [0.25, 0.3) is 5.91 Å². The van der Waals surface area contributed by atoms with Crippen molar-refractivity contribution in [3.05, 3.63) is 105 Å². The highest BCUT2D eigenvalue weighted by Crippen LogP contribution is 2.32. The standard InChI is InChI=1S/C28H33N3O4/c1-18(2)26(17-32)29-28(34)21-11-9-20(10-12-21)24(23-8-6-5-7-19(23)3)15-25(30-35)22-13-14-27(33)31(4)16-22/h5-14,16,18,24,26,32,35H,15,17H2,1-4H3,(H,29,34)/b30-25+/t24?,26-/m0/s1. The van der Waals surface area contributed by atoms with Gasteiger partial charge in [0.1, 0.15) is 0 Å². The van der Waals surface area contributed by atoms with Gasteiger partial charge < -0.3 is 20.2 Å². The molecule has 2 atom stereocenters. The molecule has 0 bridgehead atoms. The Morgan fingerprint density at radius 1 is 1.03 bits per heavy atom. The van der Waals surface area contributed by atoms with Crippen LogP contribution in [0.5, 0.6) is 0 Å². The van der Waals surface area contributed by atoms with Crippen LogP contribution >= 0.6 is 0 Å². The SMILES string of the molecule is Cc1ccccc1C(C/C(=N\O)c1ccc(=O)n(C)c1)c1ccc(C(=O)N[C@@H](CO)C(C)C)cc1. The first-order valence-corrected chi connectivity index (χ1v) is 11.7. The number of nitrogens with zero attached hydrogens (tertiary/aromatic N) is 2. The summed E-state index contributed by atoms with van der Waals surface area (Å²) in [5.41, 5.74) is 4.62. The van der Waals surface area contributed by atoms with E-state index in [0.29, 0.717) is 23.3 Å². The van der Waals surface area contributed by atoms with Gasteiger partial charge in [0, 0.05) is 42.8 Å². The van der Waals surface area contributed by atoms with E-state index in [2.05, 4.69) is 10.5 Å². The molecule has 0 saturated heterocycles. The van der Waals surface area contributed by atoms with Crippen LogP contribution in [0.1, 0.15) is 58.8 Å².